The fraction of sp³-hybridized carbons (Fsp3) is 0.263. The number of hydrogen-bond acceptors (Lipinski definition) is 4. The Labute approximate surface area is 142 Å². The number of carbonyl (C=O) groups is 1. The molecular formula is C19H21N3O2. The summed E-state index contributed by atoms with van der Waals surface area (Å²) in [6, 6.07) is 13.5. The van der Waals surface area contributed by atoms with Gasteiger partial charge in [0, 0.05) is 38.5 Å². The Morgan fingerprint density at radius 3 is 2.46 bits per heavy atom. The second kappa shape index (κ2) is 7.64. The minimum atomic E-state index is 0.0477. The molecule has 0 atom stereocenters. The Kier molecular flexibility index (Phi) is 5.11. The Morgan fingerprint density at radius 1 is 1.08 bits per heavy atom. The van der Waals surface area contributed by atoms with Crippen molar-refractivity contribution in [2.75, 3.05) is 38.2 Å². The van der Waals surface area contributed by atoms with Gasteiger partial charge in [-0.1, -0.05) is 18.2 Å². The van der Waals surface area contributed by atoms with Crippen molar-refractivity contribution in [1.29, 1.82) is 0 Å². The van der Waals surface area contributed by atoms with E-state index in [4.69, 9.17) is 4.74 Å². The first-order valence-corrected chi connectivity index (χ1v) is 8.03. The summed E-state index contributed by atoms with van der Waals surface area (Å²) in [5.74, 6) is 1.83. The Balaban J connectivity index is 1.54. The molecule has 0 N–H and O–H groups in total. The number of amides is 1. The maximum Gasteiger partial charge on any atom is 0.246 e. The van der Waals surface area contributed by atoms with Crippen LogP contribution in [0.15, 0.2) is 54.7 Å². The van der Waals surface area contributed by atoms with Crippen LogP contribution in [0, 0.1) is 0 Å². The van der Waals surface area contributed by atoms with E-state index in [0.29, 0.717) is 13.1 Å². The van der Waals surface area contributed by atoms with E-state index in [9.17, 15) is 4.79 Å². The van der Waals surface area contributed by atoms with Gasteiger partial charge in [0.2, 0.25) is 5.91 Å². The summed E-state index contributed by atoms with van der Waals surface area (Å²) >= 11 is 0. The summed E-state index contributed by atoms with van der Waals surface area (Å²) in [7, 11) is 1.64. The summed E-state index contributed by atoms with van der Waals surface area (Å²) < 4.78 is 5.13. The highest BCUT2D eigenvalue weighted by Crippen LogP contribution is 2.14. The Morgan fingerprint density at radius 2 is 1.83 bits per heavy atom. The third-order valence-corrected chi connectivity index (χ3v) is 4.10. The molecule has 0 aliphatic carbocycles. The number of piperazine rings is 1. The molecule has 3 rings (SSSR count). The molecule has 2 heterocycles. The first-order chi connectivity index (χ1) is 11.8. The molecule has 5 heteroatoms. The summed E-state index contributed by atoms with van der Waals surface area (Å²) in [5, 5.41) is 0. The van der Waals surface area contributed by atoms with Crippen LogP contribution in [0.1, 0.15) is 5.56 Å². The van der Waals surface area contributed by atoms with Crippen molar-refractivity contribution < 1.29 is 9.53 Å². The van der Waals surface area contributed by atoms with Gasteiger partial charge in [-0.2, -0.15) is 0 Å². The number of methoxy groups -OCH3 is 1. The summed E-state index contributed by atoms with van der Waals surface area (Å²) in [4.78, 5) is 20.8. The third-order valence-electron chi connectivity index (χ3n) is 4.10. The molecule has 1 saturated heterocycles. The normalized spacial score (nSPS) is 14.9. The maximum atomic E-state index is 12.3. The van der Waals surface area contributed by atoms with Gasteiger partial charge in [-0.3, -0.25) is 4.79 Å². The number of nitrogens with zero attached hydrogens (tertiary/aromatic N) is 3. The number of aromatic nitrogens is 1. The van der Waals surface area contributed by atoms with E-state index in [1.54, 1.807) is 19.4 Å². The lowest BCUT2D eigenvalue weighted by atomic mass is 10.2. The number of benzene rings is 1. The molecule has 2 aromatic rings. The largest absolute Gasteiger partial charge is 0.497 e. The van der Waals surface area contributed by atoms with Crippen LogP contribution < -0.4 is 9.64 Å². The minimum Gasteiger partial charge on any atom is -0.497 e. The zero-order valence-corrected chi connectivity index (χ0v) is 13.8. The van der Waals surface area contributed by atoms with E-state index < -0.39 is 0 Å². The van der Waals surface area contributed by atoms with Crippen molar-refractivity contribution in [3.63, 3.8) is 0 Å². The highest BCUT2D eigenvalue weighted by molar-refractivity contribution is 5.92. The quantitative estimate of drug-likeness (QED) is 0.811. The van der Waals surface area contributed by atoms with Crippen molar-refractivity contribution in [2.45, 2.75) is 0 Å². The van der Waals surface area contributed by atoms with Gasteiger partial charge in [-0.15, -0.1) is 0 Å². The van der Waals surface area contributed by atoms with E-state index in [1.807, 2.05) is 53.4 Å². The summed E-state index contributed by atoms with van der Waals surface area (Å²) in [6.45, 7) is 3.03. The van der Waals surface area contributed by atoms with Gasteiger partial charge in [0.15, 0.2) is 0 Å². The Bertz CT molecular complexity index is 690. The van der Waals surface area contributed by atoms with Crippen LogP contribution >= 0.6 is 0 Å². The van der Waals surface area contributed by atoms with E-state index in [0.717, 1.165) is 30.2 Å². The van der Waals surface area contributed by atoms with Crippen LogP contribution in [-0.4, -0.2) is 49.1 Å². The molecule has 1 aliphatic heterocycles. The van der Waals surface area contributed by atoms with Crippen molar-refractivity contribution >= 4 is 17.8 Å². The predicted octanol–water partition coefficient (Wildman–Crippen LogP) is 2.45. The molecule has 5 nitrogen and oxygen atoms in total. The zero-order chi connectivity index (χ0) is 16.8. The lowest BCUT2D eigenvalue weighted by molar-refractivity contribution is -0.126. The molecule has 1 aromatic heterocycles. The molecule has 24 heavy (non-hydrogen) atoms. The van der Waals surface area contributed by atoms with Gasteiger partial charge in [0.05, 0.1) is 7.11 Å². The molecule has 0 spiro atoms. The monoisotopic (exact) mass is 323 g/mol. The van der Waals surface area contributed by atoms with Crippen LogP contribution in [0.3, 0.4) is 0 Å². The minimum absolute atomic E-state index is 0.0477. The lowest BCUT2D eigenvalue weighted by Crippen LogP contribution is -2.48. The van der Waals surface area contributed by atoms with Crippen molar-refractivity contribution in [2.24, 2.45) is 0 Å². The average Bonchev–Trinajstić information content (AvgIpc) is 2.67. The third kappa shape index (κ3) is 3.93. The topological polar surface area (TPSA) is 45.7 Å². The fourth-order valence-electron chi connectivity index (χ4n) is 2.68. The number of rotatable bonds is 4. The molecule has 1 fully saturated rings. The summed E-state index contributed by atoms with van der Waals surface area (Å²) in [6.07, 6.45) is 5.27. The Hall–Kier alpha value is -2.82. The number of hydrogen-bond donors (Lipinski definition) is 0. The van der Waals surface area contributed by atoms with Crippen LogP contribution in [0.2, 0.25) is 0 Å². The van der Waals surface area contributed by atoms with Crippen LogP contribution in [0.4, 0.5) is 5.82 Å². The van der Waals surface area contributed by atoms with E-state index in [2.05, 4.69) is 9.88 Å². The molecular weight excluding hydrogens is 302 g/mol. The molecule has 0 radical (unpaired) electrons. The second-order valence-corrected chi connectivity index (χ2v) is 5.61. The van der Waals surface area contributed by atoms with Crippen LogP contribution in [0.25, 0.3) is 6.08 Å². The zero-order valence-electron chi connectivity index (χ0n) is 13.8. The van der Waals surface area contributed by atoms with Gasteiger partial charge < -0.3 is 14.5 Å². The van der Waals surface area contributed by atoms with Crippen LogP contribution in [-0.2, 0) is 4.79 Å². The van der Waals surface area contributed by atoms with Gasteiger partial charge >= 0.3 is 0 Å². The van der Waals surface area contributed by atoms with Gasteiger partial charge in [0.25, 0.3) is 0 Å². The maximum absolute atomic E-state index is 12.3. The van der Waals surface area contributed by atoms with E-state index >= 15 is 0 Å². The van der Waals surface area contributed by atoms with Gasteiger partial charge in [0.1, 0.15) is 11.6 Å². The highest BCUT2D eigenvalue weighted by Gasteiger charge is 2.20. The van der Waals surface area contributed by atoms with Gasteiger partial charge in [-0.25, -0.2) is 4.98 Å². The molecule has 1 amide bonds. The molecule has 1 aromatic carbocycles. The first kappa shape index (κ1) is 16.1. The molecule has 0 unspecified atom stereocenters. The molecule has 1 aliphatic rings. The smallest absolute Gasteiger partial charge is 0.246 e. The molecule has 0 saturated carbocycles. The van der Waals surface area contributed by atoms with E-state index in [-0.39, 0.29) is 5.91 Å². The molecule has 124 valence electrons. The van der Waals surface area contributed by atoms with Crippen LogP contribution in [0.5, 0.6) is 5.75 Å². The average molecular weight is 323 g/mol. The SMILES string of the molecule is COc1ccc(/C=C/C(=O)N2CCN(c3ccccn3)CC2)cc1. The first-order valence-electron chi connectivity index (χ1n) is 8.03. The number of carbonyl (C=O) groups excluding carboxylic acids is 1. The van der Waals surface area contributed by atoms with Gasteiger partial charge in [-0.05, 0) is 35.9 Å². The lowest BCUT2D eigenvalue weighted by Gasteiger charge is -2.34. The number of ether oxygens (including phenoxy) is 1. The van der Waals surface area contributed by atoms with Crippen molar-refractivity contribution in [3.8, 4) is 5.75 Å². The highest BCUT2D eigenvalue weighted by atomic mass is 16.5. The number of pyridine rings is 1. The second-order valence-electron chi connectivity index (χ2n) is 5.61. The number of anilines is 1. The van der Waals surface area contributed by atoms with E-state index in [1.165, 1.54) is 0 Å². The van der Waals surface area contributed by atoms with Crippen molar-refractivity contribution in [3.05, 3.63) is 60.3 Å². The summed E-state index contributed by atoms with van der Waals surface area (Å²) in [5.41, 5.74) is 0.983. The molecule has 0 bridgehead atoms. The predicted molar refractivity (Wildman–Crippen MR) is 95.1 cm³/mol. The standard InChI is InChI=1S/C19H21N3O2/c1-24-17-8-5-16(6-9-17)7-10-19(23)22-14-12-21(13-15-22)18-4-2-3-11-20-18/h2-11H,12-15H2,1H3/b10-7+. The van der Waals surface area contributed by atoms with Crippen molar-refractivity contribution in [1.82, 2.24) is 9.88 Å². The fourth-order valence-corrected chi connectivity index (χ4v) is 2.68.